The Labute approximate surface area is 151 Å². The van der Waals surface area contributed by atoms with Gasteiger partial charge in [-0.25, -0.2) is 9.18 Å². The van der Waals surface area contributed by atoms with Crippen LogP contribution in [0.4, 0.5) is 14.9 Å². The number of benzene rings is 2. The molecule has 1 aliphatic rings. The van der Waals surface area contributed by atoms with Crippen molar-refractivity contribution in [2.24, 2.45) is 0 Å². The Balaban J connectivity index is 1.51. The van der Waals surface area contributed by atoms with Crippen molar-refractivity contribution < 1.29 is 9.18 Å². The minimum Gasteiger partial charge on any atom is -0.366 e. The lowest BCUT2D eigenvalue weighted by Crippen LogP contribution is -2.51. The fraction of sp³-hybridized carbons (Fsp3) is 0.211. The van der Waals surface area contributed by atoms with Gasteiger partial charge in [-0.1, -0.05) is 35.9 Å². The Morgan fingerprint density at radius 2 is 1.84 bits per heavy atom. The number of halogens is 2. The van der Waals surface area contributed by atoms with Crippen molar-refractivity contribution in [3.63, 3.8) is 0 Å². The number of nitrogens with one attached hydrogen (secondary N) is 1. The molecule has 0 aromatic heterocycles. The fourth-order valence-corrected chi connectivity index (χ4v) is 2.97. The molecule has 0 saturated carbocycles. The van der Waals surface area contributed by atoms with E-state index >= 15 is 0 Å². The zero-order chi connectivity index (χ0) is 17.6. The molecule has 2 aromatic carbocycles. The predicted octanol–water partition coefficient (Wildman–Crippen LogP) is 3.98. The number of urea groups is 1. The van der Waals surface area contributed by atoms with E-state index in [2.05, 4.69) is 5.32 Å². The maximum absolute atomic E-state index is 13.8. The van der Waals surface area contributed by atoms with Crippen molar-refractivity contribution in [3.8, 4) is 0 Å². The molecule has 25 heavy (non-hydrogen) atoms. The summed E-state index contributed by atoms with van der Waals surface area (Å²) in [5, 5.41) is 3.41. The first-order valence-electron chi connectivity index (χ1n) is 8.10. The van der Waals surface area contributed by atoms with E-state index in [1.54, 1.807) is 35.4 Å². The fourth-order valence-electron chi connectivity index (χ4n) is 2.77. The number of carbonyl (C=O) groups excluding carboxylic acids is 1. The van der Waals surface area contributed by atoms with Crippen LogP contribution in [-0.4, -0.2) is 37.1 Å². The Morgan fingerprint density at radius 3 is 2.56 bits per heavy atom. The van der Waals surface area contributed by atoms with Crippen LogP contribution in [0.2, 0.25) is 5.02 Å². The quantitative estimate of drug-likeness (QED) is 0.899. The number of anilines is 1. The molecule has 1 N–H and O–H groups in total. The third-order valence-electron chi connectivity index (χ3n) is 4.09. The van der Waals surface area contributed by atoms with E-state index in [9.17, 15) is 9.18 Å². The third kappa shape index (κ3) is 4.51. The molecule has 1 heterocycles. The second-order valence-electron chi connectivity index (χ2n) is 5.76. The van der Waals surface area contributed by atoms with Crippen LogP contribution in [0.15, 0.2) is 54.7 Å². The van der Waals surface area contributed by atoms with Crippen LogP contribution in [0.25, 0.3) is 6.08 Å². The SMILES string of the molecule is O=C(N/C=C/c1cccc(Cl)c1)N1CCN(c2ccccc2F)CC1. The summed E-state index contributed by atoms with van der Waals surface area (Å²) in [5.74, 6) is -0.232. The molecular weight excluding hydrogens is 341 g/mol. The number of carbonyl (C=O) groups is 1. The minimum atomic E-state index is -0.232. The molecule has 4 nitrogen and oxygen atoms in total. The van der Waals surface area contributed by atoms with Gasteiger partial charge in [0, 0.05) is 37.4 Å². The first-order chi connectivity index (χ1) is 12.1. The van der Waals surface area contributed by atoms with E-state index in [1.807, 2.05) is 29.2 Å². The highest BCUT2D eigenvalue weighted by Crippen LogP contribution is 2.20. The Kier molecular flexibility index (Phi) is 5.56. The molecule has 130 valence electrons. The van der Waals surface area contributed by atoms with Gasteiger partial charge in [-0.05, 0) is 35.9 Å². The van der Waals surface area contributed by atoms with Gasteiger partial charge in [0.15, 0.2) is 0 Å². The number of rotatable bonds is 3. The summed E-state index contributed by atoms with van der Waals surface area (Å²) in [5.41, 5.74) is 1.50. The smallest absolute Gasteiger partial charge is 0.321 e. The topological polar surface area (TPSA) is 35.6 Å². The molecular formula is C19H19ClFN3O. The number of para-hydroxylation sites is 1. The van der Waals surface area contributed by atoms with Gasteiger partial charge in [-0.15, -0.1) is 0 Å². The van der Waals surface area contributed by atoms with Crippen LogP contribution in [0.3, 0.4) is 0 Å². The van der Waals surface area contributed by atoms with Crippen LogP contribution in [0.5, 0.6) is 0 Å². The zero-order valence-corrected chi connectivity index (χ0v) is 14.4. The number of piperazine rings is 1. The van der Waals surface area contributed by atoms with Crippen LogP contribution in [0.1, 0.15) is 5.56 Å². The number of hydrogen-bond acceptors (Lipinski definition) is 2. The molecule has 0 bridgehead atoms. The van der Waals surface area contributed by atoms with E-state index in [4.69, 9.17) is 11.6 Å². The van der Waals surface area contributed by atoms with Crippen molar-refractivity contribution in [1.82, 2.24) is 10.2 Å². The van der Waals surface area contributed by atoms with E-state index in [0.29, 0.717) is 36.9 Å². The zero-order valence-electron chi connectivity index (χ0n) is 13.7. The highest BCUT2D eigenvalue weighted by molar-refractivity contribution is 6.30. The Hall–Kier alpha value is -2.53. The van der Waals surface area contributed by atoms with Gasteiger partial charge < -0.3 is 15.1 Å². The average molecular weight is 360 g/mol. The van der Waals surface area contributed by atoms with E-state index in [0.717, 1.165) is 5.56 Å². The van der Waals surface area contributed by atoms with Crippen LogP contribution < -0.4 is 10.2 Å². The molecule has 1 fully saturated rings. The van der Waals surface area contributed by atoms with Crippen molar-refractivity contribution in [3.05, 3.63) is 71.1 Å². The summed E-state index contributed by atoms with van der Waals surface area (Å²) >= 11 is 5.92. The van der Waals surface area contributed by atoms with E-state index in [-0.39, 0.29) is 11.8 Å². The number of nitrogens with zero attached hydrogens (tertiary/aromatic N) is 2. The largest absolute Gasteiger partial charge is 0.366 e. The molecule has 0 radical (unpaired) electrons. The summed E-state index contributed by atoms with van der Waals surface area (Å²) in [6.45, 7) is 2.30. The summed E-state index contributed by atoms with van der Waals surface area (Å²) in [7, 11) is 0. The highest BCUT2D eigenvalue weighted by Gasteiger charge is 2.21. The maximum atomic E-state index is 13.8. The molecule has 0 aliphatic carbocycles. The first kappa shape index (κ1) is 17.3. The lowest BCUT2D eigenvalue weighted by Gasteiger charge is -2.35. The van der Waals surface area contributed by atoms with Gasteiger partial charge in [-0.2, -0.15) is 0 Å². The molecule has 2 aromatic rings. The Bertz CT molecular complexity index is 773. The summed E-state index contributed by atoms with van der Waals surface area (Å²) in [4.78, 5) is 15.9. The maximum Gasteiger partial charge on any atom is 0.321 e. The van der Waals surface area contributed by atoms with Gasteiger partial charge in [0.25, 0.3) is 0 Å². The molecule has 1 aliphatic heterocycles. The normalized spacial score (nSPS) is 14.8. The molecule has 0 atom stereocenters. The molecule has 0 unspecified atom stereocenters. The van der Waals surface area contributed by atoms with E-state index in [1.165, 1.54) is 6.07 Å². The Morgan fingerprint density at radius 1 is 1.08 bits per heavy atom. The monoisotopic (exact) mass is 359 g/mol. The van der Waals surface area contributed by atoms with Gasteiger partial charge in [-0.3, -0.25) is 0 Å². The van der Waals surface area contributed by atoms with Gasteiger partial charge in [0.05, 0.1) is 5.69 Å². The molecule has 6 heteroatoms. The van der Waals surface area contributed by atoms with Gasteiger partial charge >= 0.3 is 6.03 Å². The lowest BCUT2D eigenvalue weighted by molar-refractivity contribution is 0.198. The summed E-state index contributed by atoms with van der Waals surface area (Å²) in [6, 6.07) is 13.9. The minimum absolute atomic E-state index is 0.161. The first-order valence-corrected chi connectivity index (χ1v) is 8.48. The van der Waals surface area contributed by atoms with Crippen molar-refractivity contribution in [1.29, 1.82) is 0 Å². The summed E-state index contributed by atoms with van der Waals surface area (Å²) in [6.07, 6.45) is 3.40. The average Bonchev–Trinajstić information content (AvgIpc) is 2.62. The van der Waals surface area contributed by atoms with E-state index < -0.39 is 0 Å². The van der Waals surface area contributed by atoms with Gasteiger partial charge in [0.1, 0.15) is 5.82 Å². The van der Waals surface area contributed by atoms with Crippen LogP contribution in [-0.2, 0) is 0 Å². The molecule has 1 saturated heterocycles. The standard InChI is InChI=1S/C19H19ClFN3O/c20-16-5-3-4-15(14-16)8-9-22-19(25)24-12-10-23(11-13-24)18-7-2-1-6-17(18)21/h1-9,14H,10-13H2,(H,22,25)/b9-8+. The second-order valence-corrected chi connectivity index (χ2v) is 6.20. The van der Waals surface area contributed by atoms with Crippen molar-refractivity contribution >= 4 is 29.4 Å². The lowest BCUT2D eigenvalue weighted by atomic mass is 10.2. The summed E-state index contributed by atoms with van der Waals surface area (Å²) < 4.78 is 13.8. The van der Waals surface area contributed by atoms with Crippen molar-refractivity contribution in [2.45, 2.75) is 0 Å². The molecule has 2 amide bonds. The predicted molar refractivity (Wildman–Crippen MR) is 99.2 cm³/mol. The van der Waals surface area contributed by atoms with Gasteiger partial charge in [0.2, 0.25) is 0 Å². The van der Waals surface area contributed by atoms with Crippen molar-refractivity contribution in [2.75, 3.05) is 31.1 Å². The number of amides is 2. The highest BCUT2D eigenvalue weighted by atomic mass is 35.5. The number of hydrogen-bond donors (Lipinski definition) is 1. The third-order valence-corrected chi connectivity index (χ3v) is 4.33. The molecule has 0 spiro atoms. The van der Waals surface area contributed by atoms with Crippen LogP contribution >= 0.6 is 11.6 Å². The van der Waals surface area contributed by atoms with Crippen LogP contribution in [0, 0.1) is 5.82 Å². The second kappa shape index (κ2) is 8.03. The molecule has 3 rings (SSSR count).